The SMILES string of the molecule is C=CC=C(C)C1=CCC2(C)C3CCC4C5C(C(=C)C)CCC5(N)CCC4(C)C3(C)CCC2(N)C1(C)C. The van der Waals surface area contributed by atoms with Crippen LogP contribution in [0.5, 0.6) is 0 Å². The smallest absolute Gasteiger partial charge is 0.0307 e. The molecule has 36 heavy (non-hydrogen) atoms. The highest BCUT2D eigenvalue weighted by molar-refractivity contribution is 5.44. The van der Waals surface area contributed by atoms with Crippen LogP contribution in [0.4, 0.5) is 0 Å². The Hall–Kier alpha value is -1.12. The molecule has 5 aliphatic carbocycles. The molecule has 9 unspecified atom stereocenters. The topological polar surface area (TPSA) is 52.0 Å². The molecule has 5 rings (SSSR count). The van der Waals surface area contributed by atoms with Gasteiger partial charge in [-0.1, -0.05) is 71.6 Å². The first-order chi connectivity index (χ1) is 16.6. The van der Waals surface area contributed by atoms with E-state index in [0.29, 0.717) is 34.5 Å². The van der Waals surface area contributed by atoms with Crippen molar-refractivity contribution in [3.63, 3.8) is 0 Å². The van der Waals surface area contributed by atoms with E-state index in [2.05, 4.69) is 73.8 Å². The van der Waals surface area contributed by atoms with Crippen LogP contribution in [-0.4, -0.2) is 11.1 Å². The van der Waals surface area contributed by atoms with E-state index in [1.54, 1.807) is 0 Å². The fraction of sp³-hybridized carbons (Fsp3) is 0.765. The van der Waals surface area contributed by atoms with Crippen LogP contribution in [-0.2, 0) is 0 Å². The lowest BCUT2D eigenvalue weighted by atomic mass is 9.31. The van der Waals surface area contributed by atoms with E-state index in [0.717, 1.165) is 12.8 Å². The minimum atomic E-state index is -0.215. The van der Waals surface area contributed by atoms with Gasteiger partial charge in [-0.15, -0.1) is 0 Å². The van der Waals surface area contributed by atoms with Gasteiger partial charge < -0.3 is 11.5 Å². The number of fused-ring (bicyclic) bond motifs is 7. The minimum absolute atomic E-state index is 0.0205. The monoisotopic (exact) mass is 490 g/mol. The Morgan fingerprint density at radius 2 is 1.56 bits per heavy atom. The summed E-state index contributed by atoms with van der Waals surface area (Å²) in [5.41, 5.74) is 19.5. The number of hydrogen-bond acceptors (Lipinski definition) is 2. The molecule has 4 saturated carbocycles. The lowest BCUT2D eigenvalue weighted by Gasteiger charge is -2.74. The molecule has 0 aromatic heterocycles. The van der Waals surface area contributed by atoms with Gasteiger partial charge in [-0.05, 0) is 123 Å². The maximum Gasteiger partial charge on any atom is 0.0307 e. The molecule has 200 valence electrons. The molecule has 9 atom stereocenters. The molecule has 0 saturated heterocycles. The number of rotatable bonds is 3. The second-order valence-electron chi connectivity index (χ2n) is 15.2. The minimum Gasteiger partial charge on any atom is -0.325 e. The predicted molar refractivity (Wildman–Crippen MR) is 154 cm³/mol. The fourth-order valence-electron chi connectivity index (χ4n) is 11.7. The summed E-state index contributed by atoms with van der Waals surface area (Å²) in [6.45, 7) is 25.7. The maximum absolute atomic E-state index is 7.72. The largest absolute Gasteiger partial charge is 0.325 e. The highest BCUT2D eigenvalue weighted by Crippen LogP contribution is 2.76. The Kier molecular flexibility index (Phi) is 5.85. The van der Waals surface area contributed by atoms with E-state index in [4.69, 9.17) is 11.5 Å². The molecule has 4 fully saturated rings. The van der Waals surface area contributed by atoms with Gasteiger partial charge in [0.2, 0.25) is 0 Å². The van der Waals surface area contributed by atoms with Crippen molar-refractivity contribution in [3.8, 4) is 0 Å². The summed E-state index contributed by atoms with van der Waals surface area (Å²) in [7, 11) is 0. The van der Waals surface area contributed by atoms with Gasteiger partial charge in [-0.3, -0.25) is 0 Å². The summed E-state index contributed by atoms with van der Waals surface area (Å²) in [4.78, 5) is 0. The molecule has 4 N–H and O–H groups in total. The lowest BCUT2D eigenvalue weighted by molar-refractivity contribution is -0.225. The summed E-state index contributed by atoms with van der Waals surface area (Å²) in [6.07, 6.45) is 17.6. The van der Waals surface area contributed by atoms with Crippen molar-refractivity contribution < 1.29 is 0 Å². The van der Waals surface area contributed by atoms with E-state index in [9.17, 15) is 0 Å². The number of nitrogens with two attached hydrogens (primary N) is 2. The van der Waals surface area contributed by atoms with Crippen LogP contribution in [0.25, 0.3) is 0 Å². The van der Waals surface area contributed by atoms with Crippen molar-refractivity contribution in [2.45, 2.75) is 117 Å². The van der Waals surface area contributed by atoms with E-state index >= 15 is 0 Å². The first-order valence-corrected chi connectivity index (χ1v) is 14.9. The Morgan fingerprint density at radius 3 is 2.19 bits per heavy atom. The highest BCUT2D eigenvalue weighted by Gasteiger charge is 2.72. The second kappa shape index (κ2) is 7.95. The molecule has 2 nitrogen and oxygen atoms in total. The van der Waals surface area contributed by atoms with Gasteiger partial charge >= 0.3 is 0 Å². The standard InChI is InChI=1S/C34H54N2/c1-10-11-23(4)25-15-16-32(9)27-13-12-26-28-24(22(2)3)14-17-33(28,35)20-18-30(26,7)31(27,8)19-21-34(32,36)29(25,5)6/h10-11,15,24,26-28H,1-2,12-14,16-21,35-36H2,3-9H3. The Labute approximate surface area is 222 Å². The van der Waals surface area contributed by atoms with Crippen LogP contribution in [0, 0.1) is 45.3 Å². The summed E-state index contributed by atoms with van der Waals surface area (Å²) in [6, 6.07) is 0. The summed E-state index contributed by atoms with van der Waals surface area (Å²) >= 11 is 0. The average molecular weight is 491 g/mol. The molecule has 0 spiro atoms. The van der Waals surface area contributed by atoms with Crippen LogP contribution in [0.3, 0.4) is 0 Å². The molecule has 0 bridgehead atoms. The molecule has 0 heterocycles. The van der Waals surface area contributed by atoms with E-state index in [-0.39, 0.29) is 21.9 Å². The third-order valence-corrected chi connectivity index (χ3v) is 14.0. The first kappa shape index (κ1) is 26.5. The van der Waals surface area contributed by atoms with Gasteiger partial charge in [0.25, 0.3) is 0 Å². The molecule has 0 aromatic rings. The Balaban J connectivity index is 1.58. The van der Waals surface area contributed by atoms with Crippen LogP contribution >= 0.6 is 0 Å². The van der Waals surface area contributed by atoms with Gasteiger partial charge in [0.15, 0.2) is 0 Å². The van der Waals surface area contributed by atoms with E-state index < -0.39 is 0 Å². The van der Waals surface area contributed by atoms with Gasteiger partial charge in [-0.2, -0.15) is 0 Å². The maximum atomic E-state index is 7.72. The van der Waals surface area contributed by atoms with Gasteiger partial charge in [0, 0.05) is 16.5 Å². The highest BCUT2D eigenvalue weighted by atomic mass is 14.9. The zero-order valence-electron chi connectivity index (χ0n) is 24.5. The lowest BCUT2D eigenvalue weighted by Crippen LogP contribution is -2.75. The summed E-state index contributed by atoms with van der Waals surface area (Å²) in [5.74, 6) is 2.55. The van der Waals surface area contributed by atoms with Crippen molar-refractivity contribution in [1.29, 1.82) is 0 Å². The summed E-state index contributed by atoms with van der Waals surface area (Å²) in [5, 5.41) is 0. The zero-order chi connectivity index (χ0) is 26.5. The quantitative estimate of drug-likeness (QED) is 0.310. The average Bonchev–Trinajstić information content (AvgIpc) is 3.15. The fourth-order valence-corrected chi connectivity index (χ4v) is 11.7. The van der Waals surface area contributed by atoms with Crippen molar-refractivity contribution in [2.75, 3.05) is 0 Å². The first-order valence-electron chi connectivity index (χ1n) is 14.9. The molecule has 0 amide bonds. The van der Waals surface area contributed by atoms with Crippen molar-refractivity contribution in [1.82, 2.24) is 0 Å². The number of hydrogen-bond donors (Lipinski definition) is 2. The van der Waals surface area contributed by atoms with Crippen LogP contribution in [0.1, 0.15) is 106 Å². The van der Waals surface area contributed by atoms with Crippen molar-refractivity contribution >= 4 is 0 Å². The van der Waals surface area contributed by atoms with Crippen molar-refractivity contribution in [2.24, 2.45) is 56.8 Å². The van der Waals surface area contributed by atoms with E-state index in [1.165, 1.54) is 61.7 Å². The van der Waals surface area contributed by atoms with Crippen LogP contribution in [0.2, 0.25) is 0 Å². The second-order valence-corrected chi connectivity index (χ2v) is 15.2. The molecule has 5 aliphatic rings. The van der Waals surface area contributed by atoms with Gasteiger partial charge in [0.05, 0.1) is 0 Å². The molecular weight excluding hydrogens is 436 g/mol. The third kappa shape index (κ3) is 2.98. The van der Waals surface area contributed by atoms with Crippen LogP contribution in [0.15, 0.2) is 48.1 Å². The summed E-state index contributed by atoms with van der Waals surface area (Å²) < 4.78 is 0. The van der Waals surface area contributed by atoms with E-state index in [1.807, 2.05) is 6.08 Å². The molecule has 0 aromatic carbocycles. The molecule has 0 aliphatic heterocycles. The van der Waals surface area contributed by atoms with Crippen molar-refractivity contribution in [3.05, 3.63) is 48.1 Å². The molecular formula is C34H54N2. The van der Waals surface area contributed by atoms with Crippen LogP contribution < -0.4 is 11.5 Å². The predicted octanol–water partition coefficient (Wildman–Crippen LogP) is 8.11. The van der Waals surface area contributed by atoms with Gasteiger partial charge in [-0.25, -0.2) is 0 Å². The Bertz CT molecular complexity index is 1030. The molecule has 2 heteroatoms. The third-order valence-electron chi connectivity index (χ3n) is 14.0. The zero-order valence-corrected chi connectivity index (χ0v) is 24.5. The van der Waals surface area contributed by atoms with Gasteiger partial charge in [0.1, 0.15) is 0 Å². The number of allylic oxidation sites excluding steroid dienone is 5. The normalized spacial score (nSPS) is 51.8. The molecule has 0 radical (unpaired) electrons. The Morgan fingerprint density at radius 1 is 0.889 bits per heavy atom.